The number of aliphatic hydroxyl groups excluding tert-OH is 1. The lowest BCUT2D eigenvalue weighted by Gasteiger charge is -2.22. The molecule has 6 nitrogen and oxygen atoms in total. The van der Waals surface area contributed by atoms with Gasteiger partial charge in [0.1, 0.15) is 11.5 Å². The Morgan fingerprint density at radius 1 is 1.04 bits per heavy atom. The van der Waals surface area contributed by atoms with Gasteiger partial charge in [0.05, 0.1) is 32.0 Å². The number of aliphatic hydroxyl groups is 1. The monoisotopic (exact) mass is 393 g/mol. The van der Waals surface area contributed by atoms with Crippen molar-refractivity contribution in [2.45, 2.75) is 25.2 Å². The topological polar surface area (TPSA) is 88.0 Å². The molecular formula is C20H28NO5P. The van der Waals surface area contributed by atoms with E-state index in [-0.39, 0.29) is 24.9 Å². The zero-order valence-corrected chi connectivity index (χ0v) is 16.9. The predicted octanol–water partition coefficient (Wildman–Crippen LogP) is 3.19. The van der Waals surface area contributed by atoms with Crippen molar-refractivity contribution in [3.63, 3.8) is 0 Å². The minimum atomic E-state index is -3.47. The van der Waals surface area contributed by atoms with Crippen LogP contribution >= 0.6 is 7.37 Å². The lowest BCUT2D eigenvalue weighted by atomic mass is 10.1. The van der Waals surface area contributed by atoms with E-state index in [4.69, 9.17) is 9.47 Å². The number of hydrogen-bond acceptors (Lipinski definition) is 5. The Morgan fingerprint density at radius 3 is 2.19 bits per heavy atom. The van der Waals surface area contributed by atoms with Gasteiger partial charge >= 0.3 is 0 Å². The Hall–Kier alpha value is -1.85. The van der Waals surface area contributed by atoms with E-state index in [1.165, 1.54) is 0 Å². The van der Waals surface area contributed by atoms with E-state index >= 15 is 0 Å². The van der Waals surface area contributed by atoms with Crippen molar-refractivity contribution in [2.75, 3.05) is 26.9 Å². The zero-order chi connectivity index (χ0) is 19.9. The number of hydrogen-bond donors (Lipinski definition) is 3. The van der Waals surface area contributed by atoms with Crippen molar-refractivity contribution in [3.05, 3.63) is 59.7 Å². The van der Waals surface area contributed by atoms with E-state index < -0.39 is 13.5 Å². The highest BCUT2D eigenvalue weighted by molar-refractivity contribution is 7.57. The molecule has 0 heterocycles. The van der Waals surface area contributed by atoms with Crippen LogP contribution in [-0.2, 0) is 10.7 Å². The van der Waals surface area contributed by atoms with Crippen LogP contribution in [0.2, 0.25) is 0 Å². The van der Waals surface area contributed by atoms with Gasteiger partial charge in [-0.25, -0.2) is 0 Å². The average Bonchev–Trinajstić information content (AvgIpc) is 2.65. The highest BCUT2D eigenvalue weighted by Crippen LogP contribution is 2.45. The number of benzene rings is 2. The highest BCUT2D eigenvalue weighted by atomic mass is 31.2. The van der Waals surface area contributed by atoms with E-state index in [1.54, 1.807) is 14.2 Å². The van der Waals surface area contributed by atoms with E-state index in [1.807, 2.05) is 55.5 Å². The fourth-order valence-corrected chi connectivity index (χ4v) is 4.75. The molecule has 2 rings (SSSR count). The Labute approximate surface area is 160 Å². The highest BCUT2D eigenvalue weighted by Gasteiger charge is 2.24. The molecule has 0 saturated carbocycles. The van der Waals surface area contributed by atoms with Crippen LogP contribution in [0.25, 0.3) is 0 Å². The molecular weight excluding hydrogens is 365 g/mol. The minimum absolute atomic E-state index is 0.0563. The second-order valence-electron chi connectivity index (χ2n) is 6.53. The summed E-state index contributed by atoms with van der Waals surface area (Å²) in [6, 6.07) is 14.5. The molecule has 3 atom stereocenters. The van der Waals surface area contributed by atoms with Crippen LogP contribution in [0.5, 0.6) is 11.5 Å². The lowest BCUT2D eigenvalue weighted by molar-refractivity contribution is 0.185. The lowest BCUT2D eigenvalue weighted by Crippen LogP contribution is -2.31. The molecule has 0 aliphatic carbocycles. The number of methoxy groups -OCH3 is 2. The van der Waals surface area contributed by atoms with E-state index in [0.29, 0.717) is 11.5 Å². The van der Waals surface area contributed by atoms with Crippen LogP contribution < -0.4 is 14.8 Å². The molecule has 3 N–H and O–H groups in total. The van der Waals surface area contributed by atoms with Crippen molar-refractivity contribution in [1.82, 2.24) is 5.32 Å². The first-order valence-corrected chi connectivity index (χ1v) is 10.9. The van der Waals surface area contributed by atoms with Crippen LogP contribution in [0.4, 0.5) is 0 Å². The smallest absolute Gasteiger partial charge is 0.207 e. The average molecular weight is 393 g/mol. The summed E-state index contributed by atoms with van der Waals surface area (Å²) in [6.07, 6.45) is -1.04. The number of rotatable bonds is 10. The fourth-order valence-electron chi connectivity index (χ4n) is 3.05. The SMILES string of the molecule is COc1cccc(OC)c1C(C)NC[C@@H](O)CP(=O)(O)Cc1ccccc1. The normalized spacial score (nSPS) is 15.6. The second-order valence-corrected chi connectivity index (χ2v) is 8.91. The molecule has 2 unspecified atom stereocenters. The molecule has 2 aromatic carbocycles. The van der Waals surface area contributed by atoms with Gasteiger partial charge in [-0.15, -0.1) is 0 Å². The Balaban J connectivity index is 1.95. The summed E-state index contributed by atoms with van der Waals surface area (Å²) in [7, 11) is -0.295. The van der Waals surface area contributed by atoms with Gasteiger partial charge in [-0.05, 0) is 24.6 Å². The minimum Gasteiger partial charge on any atom is -0.496 e. The summed E-state index contributed by atoms with van der Waals surface area (Å²) in [5.74, 6) is 1.36. The predicted molar refractivity (Wildman–Crippen MR) is 107 cm³/mol. The first-order chi connectivity index (χ1) is 12.9. The standard InChI is InChI=1S/C20H28NO5P/c1-15(20-18(25-2)10-7-11-19(20)26-3)21-12-17(22)14-27(23,24)13-16-8-5-4-6-9-16/h4-11,15,17,21-22H,12-14H2,1-3H3,(H,23,24)/t15?,17-/m1/s1. The van der Waals surface area contributed by atoms with Crippen LogP contribution in [-0.4, -0.2) is 43.0 Å². The Bertz CT molecular complexity index is 746. The molecule has 0 radical (unpaired) electrons. The second kappa shape index (κ2) is 9.90. The van der Waals surface area contributed by atoms with Crippen LogP contribution in [0, 0.1) is 0 Å². The summed E-state index contributed by atoms with van der Waals surface area (Å²) in [6.45, 7) is 2.11. The van der Waals surface area contributed by atoms with Gasteiger partial charge in [-0.3, -0.25) is 4.57 Å². The molecule has 0 amide bonds. The number of ether oxygens (including phenoxy) is 2. The van der Waals surface area contributed by atoms with Crippen LogP contribution in [0.3, 0.4) is 0 Å². The summed E-state index contributed by atoms with van der Waals surface area (Å²) >= 11 is 0. The summed E-state index contributed by atoms with van der Waals surface area (Å²) in [4.78, 5) is 10.2. The van der Waals surface area contributed by atoms with Crippen LogP contribution in [0.15, 0.2) is 48.5 Å². The van der Waals surface area contributed by atoms with Crippen molar-refractivity contribution < 1.29 is 24.0 Å². The molecule has 0 bridgehead atoms. The van der Waals surface area contributed by atoms with Gasteiger partial charge < -0.3 is 24.8 Å². The van der Waals surface area contributed by atoms with Crippen molar-refractivity contribution in [1.29, 1.82) is 0 Å². The zero-order valence-electron chi connectivity index (χ0n) is 16.0. The molecule has 148 valence electrons. The van der Waals surface area contributed by atoms with E-state index in [2.05, 4.69) is 5.32 Å². The first kappa shape index (κ1) is 21.5. The molecule has 0 saturated heterocycles. The molecule has 0 aliphatic rings. The Morgan fingerprint density at radius 2 is 1.63 bits per heavy atom. The van der Waals surface area contributed by atoms with Gasteiger partial charge in [-0.1, -0.05) is 36.4 Å². The van der Waals surface area contributed by atoms with Gasteiger partial charge in [-0.2, -0.15) is 0 Å². The summed E-state index contributed by atoms with van der Waals surface area (Å²) < 4.78 is 23.2. The summed E-state index contributed by atoms with van der Waals surface area (Å²) in [5, 5.41) is 13.4. The van der Waals surface area contributed by atoms with Crippen molar-refractivity contribution in [2.24, 2.45) is 0 Å². The maximum Gasteiger partial charge on any atom is 0.207 e. The maximum atomic E-state index is 12.4. The van der Waals surface area contributed by atoms with E-state index in [9.17, 15) is 14.6 Å². The third-order valence-electron chi connectivity index (χ3n) is 4.33. The molecule has 27 heavy (non-hydrogen) atoms. The van der Waals surface area contributed by atoms with Crippen molar-refractivity contribution in [3.8, 4) is 11.5 Å². The third-order valence-corrected chi connectivity index (χ3v) is 6.18. The van der Waals surface area contributed by atoms with Gasteiger partial charge in [0.2, 0.25) is 7.37 Å². The Kier molecular flexibility index (Phi) is 7.87. The molecule has 7 heteroatoms. The molecule has 0 aromatic heterocycles. The van der Waals surface area contributed by atoms with Gasteiger partial charge in [0.15, 0.2) is 0 Å². The van der Waals surface area contributed by atoms with Crippen molar-refractivity contribution >= 4 is 7.37 Å². The number of nitrogens with one attached hydrogen (secondary N) is 1. The molecule has 0 fully saturated rings. The van der Waals surface area contributed by atoms with Gasteiger partial charge in [0.25, 0.3) is 0 Å². The van der Waals surface area contributed by atoms with Crippen LogP contribution in [0.1, 0.15) is 24.1 Å². The molecule has 2 aromatic rings. The largest absolute Gasteiger partial charge is 0.496 e. The summed E-state index contributed by atoms with van der Waals surface area (Å²) in [5.41, 5.74) is 1.63. The molecule has 0 spiro atoms. The maximum absolute atomic E-state index is 12.4. The van der Waals surface area contributed by atoms with Gasteiger partial charge in [0, 0.05) is 18.7 Å². The fraction of sp³-hybridized carbons (Fsp3) is 0.400. The third kappa shape index (κ3) is 6.36. The first-order valence-electron chi connectivity index (χ1n) is 8.83. The van der Waals surface area contributed by atoms with E-state index in [0.717, 1.165) is 11.1 Å². The molecule has 0 aliphatic heterocycles. The quantitative estimate of drug-likeness (QED) is 0.538.